The molecule has 20 heavy (non-hydrogen) atoms. The first-order valence-corrected chi connectivity index (χ1v) is 6.93. The summed E-state index contributed by atoms with van der Waals surface area (Å²) < 4.78 is 11.2. The van der Waals surface area contributed by atoms with Gasteiger partial charge in [-0.05, 0) is 30.5 Å². The van der Waals surface area contributed by atoms with Crippen molar-refractivity contribution in [3.63, 3.8) is 0 Å². The van der Waals surface area contributed by atoms with E-state index in [4.69, 9.17) is 9.47 Å². The Morgan fingerprint density at radius 1 is 1.05 bits per heavy atom. The van der Waals surface area contributed by atoms with Gasteiger partial charge in [-0.3, -0.25) is 4.98 Å². The normalized spacial score (nSPS) is 12.2. The Hall–Kier alpha value is -1.71. The molecular formula is C17H21NO2. The lowest BCUT2D eigenvalue weighted by Gasteiger charge is -2.15. The zero-order valence-corrected chi connectivity index (χ0v) is 11.9. The molecule has 0 N–H and O–H groups in total. The van der Waals surface area contributed by atoms with Gasteiger partial charge in [0.1, 0.15) is 0 Å². The summed E-state index contributed by atoms with van der Waals surface area (Å²) in [5.41, 5.74) is 2.28. The number of rotatable bonds is 8. The molecule has 3 heteroatoms. The molecule has 0 aliphatic heterocycles. The number of aromatic nitrogens is 1. The molecule has 1 heterocycles. The van der Waals surface area contributed by atoms with Crippen LogP contribution in [-0.2, 0) is 22.5 Å². The van der Waals surface area contributed by atoms with E-state index in [1.165, 1.54) is 5.56 Å². The molecule has 0 amide bonds. The van der Waals surface area contributed by atoms with Gasteiger partial charge in [-0.25, -0.2) is 0 Å². The van der Waals surface area contributed by atoms with Crippen LogP contribution < -0.4 is 0 Å². The molecule has 0 spiro atoms. The van der Waals surface area contributed by atoms with Crippen molar-refractivity contribution in [2.24, 2.45) is 0 Å². The van der Waals surface area contributed by atoms with Crippen LogP contribution >= 0.6 is 0 Å². The number of aryl methyl sites for hydroxylation is 1. The van der Waals surface area contributed by atoms with Crippen molar-refractivity contribution < 1.29 is 9.47 Å². The predicted octanol–water partition coefficient (Wildman–Crippen LogP) is 3.25. The van der Waals surface area contributed by atoms with E-state index in [9.17, 15) is 0 Å². The van der Waals surface area contributed by atoms with Gasteiger partial charge in [0.05, 0.1) is 19.3 Å². The number of ether oxygens (including phenoxy) is 2. The van der Waals surface area contributed by atoms with Gasteiger partial charge in [0.2, 0.25) is 0 Å². The summed E-state index contributed by atoms with van der Waals surface area (Å²) in [6.07, 6.45) is 3.76. The quantitative estimate of drug-likeness (QED) is 0.738. The van der Waals surface area contributed by atoms with Gasteiger partial charge in [-0.1, -0.05) is 36.4 Å². The highest BCUT2D eigenvalue weighted by atomic mass is 16.5. The van der Waals surface area contributed by atoms with Crippen molar-refractivity contribution in [1.29, 1.82) is 0 Å². The number of nitrogens with zero attached hydrogens (tertiary/aromatic N) is 1. The van der Waals surface area contributed by atoms with Gasteiger partial charge in [-0.2, -0.15) is 0 Å². The van der Waals surface area contributed by atoms with Crippen molar-refractivity contribution in [3.05, 3.63) is 66.0 Å². The summed E-state index contributed by atoms with van der Waals surface area (Å²) in [6, 6.07) is 16.2. The highest BCUT2D eigenvalue weighted by Gasteiger charge is 2.08. The molecule has 106 valence electrons. The smallest absolute Gasteiger partial charge is 0.0808 e. The summed E-state index contributed by atoms with van der Waals surface area (Å²) >= 11 is 0. The van der Waals surface area contributed by atoms with E-state index >= 15 is 0 Å². The molecule has 0 saturated heterocycles. The first-order chi connectivity index (χ1) is 9.88. The van der Waals surface area contributed by atoms with E-state index in [2.05, 4.69) is 17.1 Å². The molecule has 2 rings (SSSR count). The maximum Gasteiger partial charge on any atom is 0.0808 e. The zero-order chi connectivity index (χ0) is 14.0. The highest BCUT2D eigenvalue weighted by Crippen LogP contribution is 2.07. The van der Waals surface area contributed by atoms with Gasteiger partial charge >= 0.3 is 0 Å². The number of methoxy groups -OCH3 is 1. The van der Waals surface area contributed by atoms with Crippen molar-refractivity contribution in [2.45, 2.75) is 25.6 Å². The Kier molecular flexibility index (Phi) is 6.21. The maximum atomic E-state index is 5.72. The molecule has 0 aliphatic carbocycles. The summed E-state index contributed by atoms with van der Waals surface area (Å²) in [5, 5.41) is 0. The average molecular weight is 271 g/mol. The lowest BCUT2D eigenvalue weighted by molar-refractivity contribution is -0.00177. The van der Waals surface area contributed by atoms with E-state index in [1.807, 2.05) is 42.6 Å². The van der Waals surface area contributed by atoms with Crippen LogP contribution in [0.25, 0.3) is 0 Å². The van der Waals surface area contributed by atoms with Gasteiger partial charge in [0.15, 0.2) is 0 Å². The SMILES string of the molecule is CO[C@H](CCc1ccccn1)COCc1ccccc1. The topological polar surface area (TPSA) is 31.4 Å². The fourth-order valence-electron chi connectivity index (χ4n) is 2.01. The molecule has 0 aliphatic rings. The molecule has 0 radical (unpaired) electrons. The molecule has 0 unspecified atom stereocenters. The van der Waals surface area contributed by atoms with Crippen LogP contribution in [0.1, 0.15) is 17.7 Å². The molecule has 1 aromatic heterocycles. The average Bonchev–Trinajstić information content (AvgIpc) is 2.52. The van der Waals surface area contributed by atoms with E-state index in [-0.39, 0.29) is 6.10 Å². The molecule has 1 atom stereocenters. The Morgan fingerprint density at radius 3 is 2.55 bits per heavy atom. The minimum Gasteiger partial charge on any atom is -0.379 e. The lowest BCUT2D eigenvalue weighted by atomic mass is 10.1. The number of pyridine rings is 1. The van der Waals surface area contributed by atoms with E-state index < -0.39 is 0 Å². The van der Waals surface area contributed by atoms with E-state index in [1.54, 1.807) is 7.11 Å². The van der Waals surface area contributed by atoms with Crippen LogP contribution in [0.4, 0.5) is 0 Å². The minimum absolute atomic E-state index is 0.112. The molecule has 2 aromatic rings. The third-order valence-electron chi connectivity index (χ3n) is 3.20. The lowest BCUT2D eigenvalue weighted by Crippen LogP contribution is -2.19. The number of benzene rings is 1. The molecule has 0 saturated carbocycles. The highest BCUT2D eigenvalue weighted by molar-refractivity contribution is 5.13. The zero-order valence-electron chi connectivity index (χ0n) is 11.9. The van der Waals surface area contributed by atoms with Gasteiger partial charge in [0, 0.05) is 19.0 Å². The Labute approximate surface area is 120 Å². The second-order valence-electron chi connectivity index (χ2n) is 4.72. The Balaban J connectivity index is 1.70. The van der Waals surface area contributed by atoms with Gasteiger partial charge < -0.3 is 9.47 Å². The summed E-state index contributed by atoms with van der Waals surface area (Å²) in [6.45, 7) is 1.24. The van der Waals surface area contributed by atoms with Crippen LogP contribution in [0, 0.1) is 0 Å². The van der Waals surface area contributed by atoms with Crippen LogP contribution in [0.15, 0.2) is 54.7 Å². The third-order valence-corrected chi connectivity index (χ3v) is 3.20. The van der Waals surface area contributed by atoms with Gasteiger partial charge in [-0.15, -0.1) is 0 Å². The standard InChI is InChI=1S/C17H21NO2/c1-19-17(11-10-16-9-5-6-12-18-16)14-20-13-15-7-3-2-4-8-15/h2-9,12,17H,10-11,13-14H2,1H3/t17-/m1/s1. The Bertz CT molecular complexity index is 473. The van der Waals surface area contributed by atoms with E-state index in [0.717, 1.165) is 18.5 Å². The predicted molar refractivity (Wildman–Crippen MR) is 79.5 cm³/mol. The maximum absolute atomic E-state index is 5.72. The number of hydrogen-bond donors (Lipinski definition) is 0. The van der Waals surface area contributed by atoms with Crippen molar-refractivity contribution in [2.75, 3.05) is 13.7 Å². The first kappa shape index (κ1) is 14.7. The molecule has 0 fully saturated rings. The molecule has 3 nitrogen and oxygen atoms in total. The van der Waals surface area contributed by atoms with E-state index in [0.29, 0.717) is 13.2 Å². The summed E-state index contributed by atoms with van der Waals surface area (Å²) in [5.74, 6) is 0. The minimum atomic E-state index is 0.112. The van der Waals surface area contributed by atoms with Crippen LogP contribution in [0.5, 0.6) is 0 Å². The first-order valence-electron chi connectivity index (χ1n) is 6.93. The second-order valence-corrected chi connectivity index (χ2v) is 4.72. The fourth-order valence-corrected chi connectivity index (χ4v) is 2.01. The van der Waals surface area contributed by atoms with Crippen LogP contribution in [-0.4, -0.2) is 24.8 Å². The molecule has 0 bridgehead atoms. The molecule has 1 aromatic carbocycles. The largest absolute Gasteiger partial charge is 0.379 e. The Morgan fingerprint density at radius 2 is 1.85 bits per heavy atom. The van der Waals surface area contributed by atoms with Crippen LogP contribution in [0.2, 0.25) is 0 Å². The monoisotopic (exact) mass is 271 g/mol. The third kappa shape index (κ3) is 5.11. The van der Waals surface area contributed by atoms with Gasteiger partial charge in [0.25, 0.3) is 0 Å². The molecular weight excluding hydrogens is 250 g/mol. The van der Waals surface area contributed by atoms with Crippen LogP contribution in [0.3, 0.4) is 0 Å². The van der Waals surface area contributed by atoms with Crippen molar-refractivity contribution in [3.8, 4) is 0 Å². The summed E-state index contributed by atoms with van der Waals surface area (Å²) in [4.78, 5) is 4.32. The number of hydrogen-bond acceptors (Lipinski definition) is 3. The fraction of sp³-hybridized carbons (Fsp3) is 0.353. The van der Waals surface area contributed by atoms with Crippen molar-refractivity contribution >= 4 is 0 Å². The second kappa shape index (κ2) is 8.46. The summed E-state index contributed by atoms with van der Waals surface area (Å²) in [7, 11) is 1.73. The van der Waals surface area contributed by atoms with Crippen molar-refractivity contribution in [1.82, 2.24) is 4.98 Å².